The number of carbonyl (C=O) groups excluding carboxylic acids is 1. The summed E-state index contributed by atoms with van der Waals surface area (Å²) >= 11 is 0. The zero-order valence-corrected chi connectivity index (χ0v) is 16.0. The zero-order valence-electron chi connectivity index (χ0n) is 14.4. The number of sulfonamides is 1. The smallest absolute Gasteiger partial charge is 0.255 e. The Morgan fingerprint density at radius 3 is 2.56 bits per heavy atom. The average molecular weight is 392 g/mol. The van der Waals surface area contributed by atoms with Crippen molar-refractivity contribution in [2.24, 2.45) is 5.14 Å². The monoisotopic (exact) mass is 391 g/mol. The molecule has 1 fully saturated rings. The number of carbonyl (C=O) groups is 1. The van der Waals surface area contributed by atoms with E-state index in [0.717, 1.165) is 26.1 Å². The van der Waals surface area contributed by atoms with Gasteiger partial charge in [-0.1, -0.05) is 6.42 Å². The molecule has 1 amide bonds. The number of primary sulfonamides is 1. The number of nitrogens with zero attached hydrogens (tertiary/aromatic N) is 1. The van der Waals surface area contributed by atoms with Crippen LogP contribution in [0.25, 0.3) is 0 Å². The molecular formula is C16H26ClN3O4S. The molecule has 0 unspecified atom stereocenters. The predicted molar refractivity (Wildman–Crippen MR) is 98.9 cm³/mol. The topological polar surface area (TPSA) is 102 Å². The molecule has 0 aromatic heterocycles. The van der Waals surface area contributed by atoms with Crippen LogP contribution in [-0.2, 0) is 10.0 Å². The van der Waals surface area contributed by atoms with Gasteiger partial charge >= 0.3 is 0 Å². The molecule has 1 heterocycles. The molecule has 9 heteroatoms. The van der Waals surface area contributed by atoms with E-state index in [1.165, 1.54) is 44.6 Å². The van der Waals surface area contributed by atoms with Crippen molar-refractivity contribution < 1.29 is 17.9 Å². The van der Waals surface area contributed by atoms with Crippen LogP contribution in [0.5, 0.6) is 5.75 Å². The summed E-state index contributed by atoms with van der Waals surface area (Å²) in [4.78, 5) is 14.6. The largest absolute Gasteiger partial charge is 0.496 e. The number of amides is 1. The molecule has 7 nitrogen and oxygen atoms in total. The van der Waals surface area contributed by atoms with Crippen LogP contribution in [0, 0.1) is 0 Å². The summed E-state index contributed by atoms with van der Waals surface area (Å²) in [6.07, 6.45) is 4.63. The number of hydrogen-bond acceptors (Lipinski definition) is 5. The molecule has 3 N–H and O–H groups in total. The number of benzene rings is 1. The molecule has 0 saturated carbocycles. The maximum absolute atomic E-state index is 12.3. The number of nitrogens with two attached hydrogens (primary N) is 1. The number of nitrogens with one attached hydrogen (secondary N) is 1. The molecular weight excluding hydrogens is 366 g/mol. The number of ether oxygens (including phenoxy) is 1. The van der Waals surface area contributed by atoms with Crippen LogP contribution in [0.3, 0.4) is 0 Å². The third-order valence-corrected chi connectivity index (χ3v) is 5.04. The predicted octanol–water partition coefficient (Wildman–Crippen LogP) is 1.37. The van der Waals surface area contributed by atoms with Crippen LogP contribution in [0.1, 0.15) is 36.0 Å². The van der Waals surface area contributed by atoms with Gasteiger partial charge in [-0.25, -0.2) is 13.6 Å². The van der Waals surface area contributed by atoms with Crippen molar-refractivity contribution in [3.8, 4) is 5.75 Å². The molecule has 1 aromatic rings. The van der Waals surface area contributed by atoms with Crippen molar-refractivity contribution in [3.05, 3.63) is 23.8 Å². The van der Waals surface area contributed by atoms with Gasteiger partial charge in [0.05, 0.1) is 17.6 Å². The Hall–Kier alpha value is -1.35. The van der Waals surface area contributed by atoms with E-state index in [1.807, 2.05) is 0 Å². The second kappa shape index (κ2) is 9.96. The molecule has 1 saturated heterocycles. The van der Waals surface area contributed by atoms with Gasteiger partial charge in [-0.15, -0.1) is 12.4 Å². The third kappa shape index (κ3) is 6.47. The zero-order chi connectivity index (χ0) is 17.6. The van der Waals surface area contributed by atoms with E-state index in [-0.39, 0.29) is 28.8 Å². The lowest BCUT2D eigenvalue weighted by Gasteiger charge is -2.26. The van der Waals surface area contributed by atoms with Crippen LogP contribution in [-0.4, -0.2) is 52.5 Å². The second-order valence-corrected chi connectivity index (χ2v) is 7.48. The summed E-state index contributed by atoms with van der Waals surface area (Å²) in [5, 5.41) is 7.93. The van der Waals surface area contributed by atoms with Crippen LogP contribution in [0.4, 0.5) is 0 Å². The van der Waals surface area contributed by atoms with E-state index in [2.05, 4.69) is 10.2 Å². The minimum atomic E-state index is -3.87. The third-order valence-electron chi connectivity index (χ3n) is 4.13. The fourth-order valence-corrected chi connectivity index (χ4v) is 3.36. The number of halogens is 1. The lowest BCUT2D eigenvalue weighted by molar-refractivity contribution is 0.0948. The van der Waals surface area contributed by atoms with Gasteiger partial charge in [-0.3, -0.25) is 4.79 Å². The number of methoxy groups -OCH3 is 1. The number of hydrogen-bond donors (Lipinski definition) is 2. The minimum absolute atomic E-state index is 0. The first-order valence-corrected chi connectivity index (χ1v) is 9.68. The first kappa shape index (κ1) is 21.7. The summed E-state index contributed by atoms with van der Waals surface area (Å²) in [6, 6.07) is 4.00. The van der Waals surface area contributed by atoms with Crippen molar-refractivity contribution in [2.75, 3.05) is 33.3 Å². The van der Waals surface area contributed by atoms with Crippen molar-refractivity contribution in [2.45, 2.75) is 30.6 Å². The SMILES string of the molecule is COc1ccc(S(N)(=O)=O)cc1C(=O)NCCCN1CCCCC1.Cl. The Kier molecular flexibility index (Phi) is 8.64. The van der Waals surface area contributed by atoms with Gasteiger partial charge in [0, 0.05) is 6.54 Å². The highest BCUT2D eigenvalue weighted by Gasteiger charge is 2.17. The highest BCUT2D eigenvalue weighted by Crippen LogP contribution is 2.21. The van der Waals surface area contributed by atoms with Crippen LogP contribution in [0.15, 0.2) is 23.1 Å². The van der Waals surface area contributed by atoms with Crippen LogP contribution >= 0.6 is 12.4 Å². The summed E-state index contributed by atoms with van der Waals surface area (Å²) in [5.41, 5.74) is 0.169. The Morgan fingerprint density at radius 1 is 1.28 bits per heavy atom. The maximum Gasteiger partial charge on any atom is 0.255 e. The van der Waals surface area contributed by atoms with Crippen LogP contribution < -0.4 is 15.2 Å². The Morgan fingerprint density at radius 2 is 1.96 bits per heavy atom. The fourth-order valence-electron chi connectivity index (χ4n) is 2.82. The molecule has 2 rings (SSSR count). The quantitative estimate of drug-likeness (QED) is 0.683. The Bertz CT molecular complexity index is 676. The fraction of sp³-hybridized carbons (Fsp3) is 0.562. The Labute approximate surface area is 155 Å². The molecule has 142 valence electrons. The highest BCUT2D eigenvalue weighted by atomic mass is 35.5. The lowest BCUT2D eigenvalue weighted by atomic mass is 10.1. The molecule has 1 aromatic carbocycles. The van der Waals surface area contributed by atoms with Gasteiger partial charge in [0.2, 0.25) is 10.0 Å². The minimum Gasteiger partial charge on any atom is -0.496 e. The molecule has 1 aliphatic heterocycles. The maximum atomic E-state index is 12.3. The summed E-state index contributed by atoms with van der Waals surface area (Å²) in [7, 11) is -2.44. The second-order valence-electron chi connectivity index (χ2n) is 5.92. The van der Waals surface area contributed by atoms with E-state index in [4.69, 9.17) is 9.88 Å². The van der Waals surface area contributed by atoms with Crippen LogP contribution in [0.2, 0.25) is 0 Å². The summed E-state index contributed by atoms with van der Waals surface area (Å²) in [5.74, 6) is -0.0491. The van der Waals surface area contributed by atoms with Gasteiger partial charge < -0.3 is 15.0 Å². The average Bonchev–Trinajstić information content (AvgIpc) is 2.58. The van der Waals surface area contributed by atoms with E-state index in [0.29, 0.717) is 12.3 Å². The number of rotatable bonds is 7. The van der Waals surface area contributed by atoms with Crippen molar-refractivity contribution in [1.82, 2.24) is 10.2 Å². The normalized spacial score (nSPS) is 15.3. The first-order valence-electron chi connectivity index (χ1n) is 8.13. The van der Waals surface area contributed by atoms with E-state index in [1.54, 1.807) is 0 Å². The van der Waals surface area contributed by atoms with Crippen molar-refractivity contribution in [3.63, 3.8) is 0 Å². The van der Waals surface area contributed by atoms with Crippen molar-refractivity contribution >= 4 is 28.3 Å². The van der Waals surface area contributed by atoms with Gasteiger partial charge in [0.1, 0.15) is 5.75 Å². The lowest BCUT2D eigenvalue weighted by Crippen LogP contribution is -2.33. The molecule has 0 spiro atoms. The number of likely N-dealkylation sites (tertiary alicyclic amines) is 1. The van der Waals surface area contributed by atoms with Gasteiger partial charge in [0.15, 0.2) is 0 Å². The Balaban J connectivity index is 0.00000312. The van der Waals surface area contributed by atoms with Gasteiger partial charge in [0.25, 0.3) is 5.91 Å². The first-order chi connectivity index (χ1) is 11.4. The van der Waals surface area contributed by atoms with E-state index < -0.39 is 10.0 Å². The molecule has 0 radical (unpaired) electrons. The molecule has 0 aliphatic carbocycles. The van der Waals surface area contributed by atoms with Gasteiger partial charge in [-0.05, 0) is 57.1 Å². The standard InChI is InChI=1S/C16H25N3O4S.ClH/c1-23-15-7-6-13(24(17,21)22)12-14(15)16(20)18-8-5-11-19-9-3-2-4-10-19;/h6-7,12H,2-5,8-11H2,1H3,(H,18,20)(H2,17,21,22);1H. The summed E-state index contributed by atoms with van der Waals surface area (Å²) in [6.45, 7) is 3.73. The molecule has 0 bridgehead atoms. The van der Waals surface area contributed by atoms with Gasteiger partial charge in [-0.2, -0.15) is 0 Å². The van der Waals surface area contributed by atoms with E-state index in [9.17, 15) is 13.2 Å². The highest BCUT2D eigenvalue weighted by molar-refractivity contribution is 7.89. The number of piperidine rings is 1. The summed E-state index contributed by atoms with van der Waals surface area (Å²) < 4.78 is 28.0. The molecule has 25 heavy (non-hydrogen) atoms. The van der Waals surface area contributed by atoms with Crippen molar-refractivity contribution in [1.29, 1.82) is 0 Å². The van der Waals surface area contributed by atoms with E-state index >= 15 is 0 Å². The molecule has 1 aliphatic rings. The molecule has 0 atom stereocenters.